The maximum Gasteiger partial charge on any atom is 0.251 e. The number of piperidine rings is 1. The second-order valence-electron chi connectivity index (χ2n) is 9.65. The summed E-state index contributed by atoms with van der Waals surface area (Å²) in [5.41, 5.74) is 7.69. The predicted octanol–water partition coefficient (Wildman–Crippen LogP) is 4.87. The molecule has 0 atom stereocenters. The number of carbonyl (C=O) groups excluding carboxylic acids is 1. The number of nitrogens with zero attached hydrogens (tertiary/aromatic N) is 3. The first kappa shape index (κ1) is 21.3. The van der Waals surface area contributed by atoms with Crippen LogP contribution in [0.2, 0.25) is 0 Å². The van der Waals surface area contributed by atoms with Gasteiger partial charge in [0.25, 0.3) is 5.91 Å². The summed E-state index contributed by atoms with van der Waals surface area (Å²) in [5.74, 6) is -0.000547. The number of aromatic amines is 1. The van der Waals surface area contributed by atoms with E-state index in [0.717, 1.165) is 60.2 Å². The second-order valence-corrected chi connectivity index (χ2v) is 9.65. The Hall–Kier alpha value is -3.25. The summed E-state index contributed by atoms with van der Waals surface area (Å²) in [6.07, 6.45) is 10.3. The molecule has 1 amide bonds. The van der Waals surface area contributed by atoms with Gasteiger partial charge in [0.2, 0.25) is 0 Å². The highest BCUT2D eigenvalue weighted by molar-refractivity contribution is 6.07. The normalized spacial score (nSPS) is 16.6. The van der Waals surface area contributed by atoms with Crippen LogP contribution in [0.25, 0.3) is 33.1 Å². The zero-order chi connectivity index (χ0) is 22.9. The summed E-state index contributed by atoms with van der Waals surface area (Å²) >= 11 is 0. The molecule has 6 nitrogen and oxygen atoms in total. The van der Waals surface area contributed by atoms with Crippen LogP contribution >= 0.6 is 0 Å². The number of aryl methyl sites for hydroxylation is 1. The van der Waals surface area contributed by atoms with Crippen molar-refractivity contribution in [1.82, 2.24) is 25.4 Å². The Kier molecular flexibility index (Phi) is 5.75. The Morgan fingerprint density at radius 3 is 2.56 bits per heavy atom. The van der Waals surface area contributed by atoms with Gasteiger partial charge in [0, 0.05) is 35.0 Å². The quantitative estimate of drug-likeness (QED) is 0.452. The molecule has 2 aliphatic rings. The number of fused-ring (bicyclic) bond motifs is 5. The Morgan fingerprint density at radius 1 is 0.941 bits per heavy atom. The average Bonchev–Trinajstić information content (AvgIpc) is 3.38. The number of rotatable bonds is 5. The first-order valence-corrected chi connectivity index (χ1v) is 12.7. The Bertz CT molecular complexity index is 1330. The van der Waals surface area contributed by atoms with Crippen molar-refractivity contribution in [2.24, 2.45) is 0 Å². The van der Waals surface area contributed by atoms with Gasteiger partial charge in [-0.05, 0) is 87.0 Å². The van der Waals surface area contributed by atoms with E-state index in [4.69, 9.17) is 4.98 Å². The van der Waals surface area contributed by atoms with Crippen LogP contribution in [-0.4, -0.2) is 52.2 Å². The fourth-order valence-corrected chi connectivity index (χ4v) is 5.68. The van der Waals surface area contributed by atoms with Crippen LogP contribution in [0.4, 0.5) is 0 Å². The number of amides is 1. The monoisotopic (exact) mass is 453 g/mol. The van der Waals surface area contributed by atoms with Gasteiger partial charge in [0.05, 0.1) is 22.9 Å². The summed E-state index contributed by atoms with van der Waals surface area (Å²) in [7, 11) is 0. The van der Waals surface area contributed by atoms with Crippen molar-refractivity contribution < 1.29 is 4.79 Å². The molecule has 2 aromatic heterocycles. The van der Waals surface area contributed by atoms with Crippen molar-refractivity contribution in [3.05, 3.63) is 59.3 Å². The van der Waals surface area contributed by atoms with Crippen molar-refractivity contribution in [2.45, 2.75) is 44.9 Å². The number of nitrogens with one attached hydrogen (secondary N) is 2. The summed E-state index contributed by atoms with van der Waals surface area (Å²) < 4.78 is 0. The fraction of sp³-hybridized carbons (Fsp3) is 0.393. The molecular weight excluding hydrogens is 422 g/mol. The van der Waals surface area contributed by atoms with E-state index in [1.807, 2.05) is 18.3 Å². The van der Waals surface area contributed by atoms with Gasteiger partial charge in [0.15, 0.2) is 0 Å². The van der Waals surface area contributed by atoms with E-state index < -0.39 is 0 Å². The molecule has 0 bridgehead atoms. The molecule has 34 heavy (non-hydrogen) atoms. The van der Waals surface area contributed by atoms with Crippen LogP contribution in [0.1, 0.15) is 53.6 Å². The number of aromatic nitrogens is 3. The van der Waals surface area contributed by atoms with Gasteiger partial charge < -0.3 is 10.2 Å². The molecule has 0 unspecified atom stereocenters. The predicted molar refractivity (Wildman–Crippen MR) is 136 cm³/mol. The lowest BCUT2D eigenvalue weighted by Gasteiger charge is -2.26. The second kappa shape index (κ2) is 9.18. The minimum absolute atomic E-state index is 0.000547. The largest absolute Gasteiger partial charge is 0.351 e. The smallest absolute Gasteiger partial charge is 0.251 e. The van der Waals surface area contributed by atoms with Gasteiger partial charge in [-0.3, -0.25) is 9.89 Å². The van der Waals surface area contributed by atoms with Crippen molar-refractivity contribution in [3.8, 4) is 11.3 Å². The lowest BCUT2D eigenvalue weighted by Crippen LogP contribution is -2.37. The Morgan fingerprint density at radius 2 is 1.74 bits per heavy atom. The van der Waals surface area contributed by atoms with Crippen LogP contribution in [-0.2, 0) is 12.8 Å². The van der Waals surface area contributed by atoms with E-state index in [1.54, 1.807) is 0 Å². The molecule has 1 aliphatic heterocycles. The molecule has 1 saturated heterocycles. The minimum atomic E-state index is -0.000547. The van der Waals surface area contributed by atoms with Gasteiger partial charge in [-0.1, -0.05) is 18.6 Å². The van der Waals surface area contributed by atoms with Gasteiger partial charge in [0.1, 0.15) is 0 Å². The molecule has 6 rings (SSSR count). The number of benzene rings is 2. The van der Waals surface area contributed by atoms with E-state index in [2.05, 4.69) is 44.7 Å². The topological polar surface area (TPSA) is 73.9 Å². The Labute approximate surface area is 199 Å². The number of hydrogen-bond donors (Lipinski definition) is 2. The zero-order valence-electron chi connectivity index (χ0n) is 19.6. The molecule has 0 spiro atoms. The number of carbonyl (C=O) groups is 1. The Balaban J connectivity index is 1.26. The molecule has 0 radical (unpaired) electrons. The van der Waals surface area contributed by atoms with Gasteiger partial charge in [-0.25, -0.2) is 4.98 Å². The standard InChI is InChI=1S/C28H31N5O/c34-28(29-14-17-33-15-4-1-5-16-33)20-10-8-19(9-11-20)27-22-7-3-2-6-21(22)26-23-18-30-32-24(23)12-13-25(26)31-27/h8-13,18H,1-7,14-17H2,(H,29,34)(H,30,32). The molecule has 6 heteroatoms. The van der Waals surface area contributed by atoms with E-state index in [0.29, 0.717) is 12.1 Å². The van der Waals surface area contributed by atoms with Crippen LogP contribution in [0, 0.1) is 0 Å². The van der Waals surface area contributed by atoms with E-state index in [1.165, 1.54) is 48.6 Å². The minimum Gasteiger partial charge on any atom is -0.351 e. The molecule has 0 saturated carbocycles. The molecule has 1 aliphatic carbocycles. The molecule has 174 valence electrons. The molecule has 2 aromatic carbocycles. The number of pyridine rings is 1. The van der Waals surface area contributed by atoms with Crippen molar-refractivity contribution in [2.75, 3.05) is 26.2 Å². The summed E-state index contributed by atoms with van der Waals surface area (Å²) in [5, 5.41) is 12.9. The van der Waals surface area contributed by atoms with Crippen LogP contribution in [0.15, 0.2) is 42.6 Å². The fourth-order valence-electron chi connectivity index (χ4n) is 5.68. The highest BCUT2D eigenvalue weighted by atomic mass is 16.1. The van der Waals surface area contributed by atoms with Crippen molar-refractivity contribution in [3.63, 3.8) is 0 Å². The highest BCUT2D eigenvalue weighted by Crippen LogP contribution is 2.37. The van der Waals surface area contributed by atoms with Gasteiger partial charge >= 0.3 is 0 Å². The van der Waals surface area contributed by atoms with Gasteiger partial charge in [-0.2, -0.15) is 5.10 Å². The van der Waals surface area contributed by atoms with Crippen molar-refractivity contribution >= 4 is 27.7 Å². The first-order chi connectivity index (χ1) is 16.8. The number of likely N-dealkylation sites (tertiary alicyclic amines) is 1. The van der Waals surface area contributed by atoms with Crippen LogP contribution < -0.4 is 5.32 Å². The number of hydrogen-bond acceptors (Lipinski definition) is 4. The third-order valence-corrected chi connectivity index (χ3v) is 7.47. The number of H-pyrrole nitrogens is 1. The first-order valence-electron chi connectivity index (χ1n) is 12.7. The lowest BCUT2D eigenvalue weighted by atomic mass is 9.85. The molecule has 3 heterocycles. The van der Waals surface area contributed by atoms with Gasteiger partial charge in [-0.15, -0.1) is 0 Å². The lowest BCUT2D eigenvalue weighted by molar-refractivity contribution is 0.0946. The molecule has 4 aromatic rings. The highest BCUT2D eigenvalue weighted by Gasteiger charge is 2.21. The van der Waals surface area contributed by atoms with E-state index >= 15 is 0 Å². The summed E-state index contributed by atoms with van der Waals surface area (Å²) in [4.78, 5) is 20.2. The molecule has 2 N–H and O–H groups in total. The van der Waals surface area contributed by atoms with Crippen molar-refractivity contribution in [1.29, 1.82) is 0 Å². The molecule has 1 fully saturated rings. The van der Waals surface area contributed by atoms with E-state index in [9.17, 15) is 4.79 Å². The average molecular weight is 454 g/mol. The maximum atomic E-state index is 12.7. The summed E-state index contributed by atoms with van der Waals surface area (Å²) in [6, 6.07) is 12.1. The molecular formula is C28H31N5O. The summed E-state index contributed by atoms with van der Waals surface area (Å²) in [6.45, 7) is 3.93. The van der Waals surface area contributed by atoms with Crippen LogP contribution in [0.5, 0.6) is 0 Å². The zero-order valence-corrected chi connectivity index (χ0v) is 19.6. The van der Waals surface area contributed by atoms with E-state index in [-0.39, 0.29) is 5.91 Å². The SMILES string of the molecule is O=C(NCCN1CCCCC1)c1ccc(-c2nc3ccc4[nH]ncc4c3c3c2CCCC3)cc1. The van der Waals surface area contributed by atoms with Crippen LogP contribution in [0.3, 0.4) is 0 Å². The third kappa shape index (κ3) is 3.96. The third-order valence-electron chi connectivity index (χ3n) is 7.47. The maximum absolute atomic E-state index is 12.7.